The second-order valence-electron chi connectivity index (χ2n) is 6.66. The second-order valence-corrected chi connectivity index (χ2v) is 6.66. The van der Waals surface area contributed by atoms with Gasteiger partial charge in [0.15, 0.2) is 5.82 Å². The molecule has 130 valence electrons. The monoisotopic (exact) mass is 338 g/mol. The number of nitrogens with zero attached hydrogens (tertiary/aromatic N) is 8. The van der Waals surface area contributed by atoms with Crippen molar-refractivity contribution in [3.63, 3.8) is 0 Å². The van der Waals surface area contributed by atoms with Crippen molar-refractivity contribution in [2.45, 2.75) is 40.0 Å². The lowest BCUT2D eigenvalue weighted by molar-refractivity contribution is 0.442. The average Bonchev–Trinajstić information content (AvgIpc) is 3.06. The van der Waals surface area contributed by atoms with Crippen LogP contribution in [-0.2, 0) is 6.42 Å². The minimum atomic E-state index is 0.525. The number of hydrogen-bond donors (Lipinski definition) is 0. The third-order valence-corrected chi connectivity index (χ3v) is 4.68. The first kappa shape index (κ1) is 15.9. The molecule has 8 heteroatoms. The van der Waals surface area contributed by atoms with Crippen LogP contribution in [0.2, 0.25) is 0 Å². The molecule has 25 heavy (non-hydrogen) atoms. The molecule has 1 aliphatic heterocycles. The van der Waals surface area contributed by atoms with Gasteiger partial charge in [0.1, 0.15) is 5.69 Å². The maximum atomic E-state index is 4.75. The molecule has 1 unspecified atom stereocenters. The normalized spacial score (nSPS) is 18.0. The van der Waals surface area contributed by atoms with Crippen molar-refractivity contribution >= 4 is 11.7 Å². The Morgan fingerprint density at radius 3 is 2.92 bits per heavy atom. The first-order valence-corrected chi connectivity index (χ1v) is 8.83. The van der Waals surface area contributed by atoms with Crippen molar-refractivity contribution < 1.29 is 0 Å². The second kappa shape index (κ2) is 6.34. The van der Waals surface area contributed by atoms with Gasteiger partial charge in [-0.2, -0.15) is 9.50 Å². The summed E-state index contributed by atoms with van der Waals surface area (Å²) in [4.78, 5) is 15.8. The van der Waals surface area contributed by atoms with E-state index in [4.69, 9.17) is 4.98 Å². The summed E-state index contributed by atoms with van der Waals surface area (Å²) in [6.07, 6.45) is 5.01. The summed E-state index contributed by atoms with van der Waals surface area (Å²) in [5, 5.41) is 13.0. The first-order chi connectivity index (χ1) is 12.2. The Morgan fingerprint density at radius 2 is 2.12 bits per heavy atom. The SMILES string of the molecule is CCc1nc2nnc(-c3ccnc(N4CCCC(C)C4)n3)c(C)n2n1. The van der Waals surface area contributed by atoms with E-state index in [1.165, 1.54) is 12.8 Å². The summed E-state index contributed by atoms with van der Waals surface area (Å²) in [5.74, 6) is 2.72. The molecule has 0 saturated carbocycles. The van der Waals surface area contributed by atoms with Crippen molar-refractivity contribution in [3.8, 4) is 11.4 Å². The van der Waals surface area contributed by atoms with E-state index in [0.29, 0.717) is 17.4 Å². The van der Waals surface area contributed by atoms with Crippen LogP contribution in [0.5, 0.6) is 0 Å². The summed E-state index contributed by atoms with van der Waals surface area (Å²) >= 11 is 0. The first-order valence-electron chi connectivity index (χ1n) is 8.83. The minimum Gasteiger partial charge on any atom is -0.341 e. The van der Waals surface area contributed by atoms with Gasteiger partial charge in [0, 0.05) is 25.7 Å². The maximum absolute atomic E-state index is 4.75. The van der Waals surface area contributed by atoms with Gasteiger partial charge < -0.3 is 4.90 Å². The van der Waals surface area contributed by atoms with E-state index in [9.17, 15) is 0 Å². The summed E-state index contributed by atoms with van der Waals surface area (Å²) in [6.45, 7) is 8.26. The van der Waals surface area contributed by atoms with Crippen LogP contribution in [0.3, 0.4) is 0 Å². The number of aryl methyl sites for hydroxylation is 2. The van der Waals surface area contributed by atoms with E-state index in [-0.39, 0.29) is 0 Å². The summed E-state index contributed by atoms with van der Waals surface area (Å²) < 4.78 is 1.74. The number of piperidine rings is 1. The summed E-state index contributed by atoms with van der Waals surface area (Å²) in [6, 6.07) is 1.87. The van der Waals surface area contributed by atoms with E-state index >= 15 is 0 Å². The molecule has 0 bridgehead atoms. The highest BCUT2D eigenvalue weighted by Crippen LogP contribution is 2.23. The molecule has 0 amide bonds. The van der Waals surface area contributed by atoms with Gasteiger partial charge in [-0.3, -0.25) is 0 Å². The van der Waals surface area contributed by atoms with E-state index in [0.717, 1.165) is 42.7 Å². The molecule has 4 heterocycles. The largest absolute Gasteiger partial charge is 0.341 e. The molecule has 8 nitrogen and oxygen atoms in total. The zero-order chi connectivity index (χ0) is 17.4. The molecular formula is C17H22N8. The molecule has 3 aromatic heterocycles. The van der Waals surface area contributed by atoms with Gasteiger partial charge in [-0.05, 0) is 31.7 Å². The lowest BCUT2D eigenvalue weighted by Crippen LogP contribution is -2.35. The van der Waals surface area contributed by atoms with Crippen molar-refractivity contribution in [2.75, 3.05) is 18.0 Å². The molecule has 0 spiro atoms. The Kier molecular flexibility index (Phi) is 4.03. The van der Waals surface area contributed by atoms with E-state index in [2.05, 4.69) is 37.1 Å². The minimum absolute atomic E-state index is 0.525. The topological polar surface area (TPSA) is 85.0 Å². The third kappa shape index (κ3) is 2.92. The lowest BCUT2D eigenvalue weighted by Gasteiger charge is -2.30. The molecule has 0 aromatic carbocycles. The van der Waals surface area contributed by atoms with E-state index < -0.39 is 0 Å². The fourth-order valence-corrected chi connectivity index (χ4v) is 3.29. The van der Waals surface area contributed by atoms with E-state index in [1.807, 2.05) is 19.9 Å². The number of hydrogen-bond acceptors (Lipinski definition) is 7. The molecular weight excluding hydrogens is 316 g/mol. The third-order valence-electron chi connectivity index (χ3n) is 4.68. The van der Waals surface area contributed by atoms with Crippen LogP contribution in [0.15, 0.2) is 12.3 Å². The van der Waals surface area contributed by atoms with Crippen LogP contribution >= 0.6 is 0 Å². The molecule has 3 aromatic rings. The predicted octanol–water partition coefficient (Wildman–Crippen LogP) is 2.08. The lowest BCUT2D eigenvalue weighted by atomic mass is 10.0. The Bertz CT molecular complexity index is 903. The van der Waals surface area contributed by atoms with Gasteiger partial charge >= 0.3 is 0 Å². The molecule has 4 rings (SSSR count). The number of rotatable bonds is 3. The molecule has 0 aliphatic carbocycles. The van der Waals surface area contributed by atoms with E-state index in [1.54, 1.807) is 10.7 Å². The van der Waals surface area contributed by atoms with Gasteiger partial charge in [0.25, 0.3) is 5.78 Å². The van der Waals surface area contributed by atoms with Gasteiger partial charge in [0.05, 0.1) is 11.4 Å². The van der Waals surface area contributed by atoms with Gasteiger partial charge in [-0.15, -0.1) is 15.3 Å². The Morgan fingerprint density at radius 1 is 1.24 bits per heavy atom. The number of aromatic nitrogens is 7. The number of fused-ring (bicyclic) bond motifs is 1. The molecule has 0 radical (unpaired) electrons. The fraction of sp³-hybridized carbons (Fsp3) is 0.529. The quantitative estimate of drug-likeness (QED) is 0.723. The molecule has 0 N–H and O–H groups in total. The van der Waals surface area contributed by atoms with Crippen molar-refractivity contribution in [3.05, 3.63) is 23.8 Å². The molecule has 1 saturated heterocycles. The van der Waals surface area contributed by atoms with Crippen molar-refractivity contribution in [1.29, 1.82) is 0 Å². The fourth-order valence-electron chi connectivity index (χ4n) is 3.29. The van der Waals surface area contributed by atoms with Gasteiger partial charge in [-0.1, -0.05) is 13.8 Å². The van der Waals surface area contributed by atoms with Crippen molar-refractivity contribution in [2.24, 2.45) is 5.92 Å². The highest BCUT2D eigenvalue weighted by atomic mass is 15.4. The average molecular weight is 338 g/mol. The van der Waals surface area contributed by atoms with Crippen LogP contribution in [0.25, 0.3) is 17.2 Å². The van der Waals surface area contributed by atoms with Crippen LogP contribution in [0, 0.1) is 12.8 Å². The van der Waals surface area contributed by atoms with Crippen LogP contribution in [0.1, 0.15) is 38.2 Å². The molecule has 1 aliphatic rings. The zero-order valence-corrected chi connectivity index (χ0v) is 14.8. The Labute approximate surface area is 146 Å². The highest BCUT2D eigenvalue weighted by molar-refractivity contribution is 5.58. The van der Waals surface area contributed by atoms with Crippen LogP contribution in [0.4, 0.5) is 5.95 Å². The Balaban J connectivity index is 1.73. The summed E-state index contributed by atoms with van der Waals surface area (Å²) in [7, 11) is 0. The van der Waals surface area contributed by atoms with Crippen molar-refractivity contribution in [1.82, 2.24) is 34.8 Å². The molecule has 1 atom stereocenters. The predicted molar refractivity (Wildman–Crippen MR) is 94.3 cm³/mol. The zero-order valence-electron chi connectivity index (χ0n) is 14.8. The standard InChI is InChI=1S/C17H22N8/c1-4-14-20-17-22-21-15(12(3)25(17)23-14)13-7-8-18-16(19-13)24-9-5-6-11(2)10-24/h7-8,11H,4-6,9-10H2,1-3H3. The molecule has 1 fully saturated rings. The smallest absolute Gasteiger partial charge is 0.272 e. The maximum Gasteiger partial charge on any atom is 0.272 e. The summed E-state index contributed by atoms with van der Waals surface area (Å²) in [5.41, 5.74) is 2.37. The highest BCUT2D eigenvalue weighted by Gasteiger charge is 2.20. The van der Waals surface area contributed by atoms with Crippen LogP contribution in [-0.4, -0.2) is 47.9 Å². The Hall–Kier alpha value is -2.64. The number of anilines is 1. The van der Waals surface area contributed by atoms with Gasteiger partial charge in [0.2, 0.25) is 5.95 Å². The van der Waals surface area contributed by atoms with Crippen LogP contribution < -0.4 is 4.90 Å². The van der Waals surface area contributed by atoms with Gasteiger partial charge in [-0.25, -0.2) is 9.97 Å².